The van der Waals surface area contributed by atoms with Gasteiger partial charge >= 0.3 is 5.97 Å². The van der Waals surface area contributed by atoms with Crippen LogP contribution in [0.1, 0.15) is 90.3 Å². The molecule has 2 atom stereocenters. The van der Waals surface area contributed by atoms with E-state index in [4.69, 9.17) is 30.9 Å². The molecule has 372 valence electrons. The van der Waals surface area contributed by atoms with E-state index in [0.29, 0.717) is 92.1 Å². The molecule has 4 aromatic carbocycles. The summed E-state index contributed by atoms with van der Waals surface area (Å²) in [5, 5.41) is 10.0. The van der Waals surface area contributed by atoms with E-state index in [1.807, 2.05) is 76.7 Å². The van der Waals surface area contributed by atoms with Crippen molar-refractivity contribution in [3.8, 4) is 22.6 Å². The molecule has 5 heterocycles. The zero-order chi connectivity index (χ0) is 50.5. The van der Waals surface area contributed by atoms with Crippen LogP contribution in [0.5, 0.6) is 11.5 Å². The summed E-state index contributed by atoms with van der Waals surface area (Å²) >= 11 is 7.21. The Labute approximate surface area is 416 Å². The fraction of sp³-hybridized carbons (Fsp3) is 0.407. The first-order valence-corrected chi connectivity index (χ1v) is 24.6. The van der Waals surface area contributed by atoms with Crippen molar-refractivity contribution < 1.29 is 42.6 Å². The Morgan fingerprint density at radius 3 is 2.38 bits per heavy atom. The second kappa shape index (κ2) is 19.8. The number of carbonyl (C=O) groups is 5. The molecule has 0 saturated carbocycles. The average molecular weight is 989 g/mol. The standard InChI is InChI=1S/C54H59ClFN7O8/c1-31-46(32(2)59(7)58-31)47-41(55)19-18-38-37(13-10-28-69-43-14-8-11-34-29-35(56)16-17-36(34)43)49(53(68)71-54(4,5)6)62(48(38)47)27-24-60-22-25-61(26-23-60)51(66)33(3)70-44-15-9-12-39-40(44)30-63(52(39)67)42-20-21-45(64)57-50(42)65/h8-9,11-12,14-19,29,33,42H,10,13,20-28,30H2,1-7H3,(H,57,64,65)/t33?,42-/m0/s1. The molecule has 1 N–H and O–H groups in total. The number of benzene rings is 4. The van der Waals surface area contributed by atoms with Crippen molar-refractivity contribution in [2.24, 2.45) is 7.05 Å². The largest absolute Gasteiger partial charge is 0.493 e. The highest BCUT2D eigenvalue weighted by Gasteiger charge is 2.41. The number of fused-ring (bicyclic) bond motifs is 3. The van der Waals surface area contributed by atoms with Gasteiger partial charge in [0.15, 0.2) is 6.10 Å². The van der Waals surface area contributed by atoms with Gasteiger partial charge in [0.25, 0.3) is 11.8 Å². The zero-order valence-electron chi connectivity index (χ0n) is 41.2. The number of piperidine rings is 1. The van der Waals surface area contributed by atoms with E-state index in [2.05, 4.69) is 14.8 Å². The lowest BCUT2D eigenvalue weighted by molar-refractivity contribution is -0.140. The number of amides is 4. The lowest BCUT2D eigenvalue weighted by Crippen LogP contribution is -2.52. The van der Waals surface area contributed by atoms with Gasteiger partial charge in [-0.2, -0.15) is 5.10 Å². The van der Waals surface area contributed by atoms with Crippen LogP contribution in [0.15, 0.2) is 66.7 Å². The predicted molar refractivity (Wildman–Crippen MR) is 267 cm³/mol. The predicted octanol–water partition coefficient (Wildman–Crippen LogP) is 7.94. The summed E-state index contributed by atoms with van der Waals surface area (Å²) in [6, 6.07) is 18.4. The molecule has 0 radical (unpaired) electrons. The summed E-state index contributed by atoms with van der Waals surface area (Å²) in [5.41, 5.74) is 5.67. The first-order valence-electron chi connectivity index (χ1n) is 24.2. The van der Waals surface area contributed by atoms with Gasteiger partial charge in [-0.3, -0.25) is 34.1 Å². The molecule has 0 bridgehead atoms. The Morgan fingerprint density at radius 2 is 1.66 bits per heavy atom. The van der Waals surface area contributed by atoms with Gasteiger partial charge in [-0.05, 0) is 114 Å². The number of rotatable bonds is 14. The molecule has 1 unspecified atom stereocenters. The highest BCUT2D eigenvalue weighted by molar-refractivity contribution is 6.35. The molecule has 9 rings (SSSR count). The van der Waals surface area contributed by atoms with Crippen LogP contribution in [0.4, 0.5) is 4.39 Å². The van der Waals surface area contributed by atoms with Crippen LogP contribution in [0, 0.1) is 19.7 Å². The molecular weight excluding hydrogens is 929 g/mol. The second-order valence-electron chi connectivity index (χ2n) is 19.7. The number of piperazine rings is 1. The third kappa shape index (κ3) is 9.83. The van der Waals surface area contributed by atoms with Crippen molar-refractivity contribution in [3.05, 3.63) is 111 Å². The SMILES string of the molecule is Cc1nn(C)c(C)c1-c1c(Cl)ccc2c(CCCOc3cccc4cc(F)ccc34)c(C(=O)OC(C)(C)C)n(CCN3CCN(C(=O)C(C)Oc4cccc5c4CN([C@H]4CCC(=O)NC4=O)C5=O)CC3)c12. The summed E-state index contributed by atoms with van der Waals surface area (Å²) in [6.07, 6.45) is 0.558. The zero-order valence-corrected chi connectivity index (χ0v) is 42.0. The van der Waals surface area contributed by atoms with Gasteiger partial charge in [0.05, 0.1) is 29.4 Å². The van der Waals surface area contributed by atoms with Crippen molar-refractivity contribution >= 4 is 62.9 Å². The van der Waals surface area contributed by atoms with Gasteiger partial charge in [-0.1, -0.05) is 35.9 Å². The first kappa shape index (κ1) is 49.2. The molecule has 6 aromatic rings. The molecule has 3 aliphatic heterocycles. The highest BCUT2D eigenvalue weighted by Crippen LogP contribution is 2.43. The lowest BCUT2D eigenvalue weighted by atomic mass is 9.98. The van der Waals surface area contributed by atoms with Crippen LogP contribution in [-0.2, 0) is 45.7 Å². The number of nitrogens with zero attached hydrogens (tertiary/aromatic N) is 6. The third-order valence-corrected chi connectivity index (χ3v) is 14.1. The van der Waals surface area contributed by atoms with E-state index < -0.39 is 29.6 Å². The Kier molecular flexibility index (Phi) is 13.7. The monoisotopic (exact) mass is 987 g/mol. The van der Waals surface area contributed by atoms with Crippen LogP contribution in [0.25, 0.3) is 32.8 Å². The van der Waals surface area contributed by atoms with E-state index in [0.717, 1.165) is 49.8 Å². The Bertz CT molecular complexity index is 3110. The molecule has 17 heteroatoms. The highest BCUT2D eigenvalue weighted by atomic mass is 35.5. The number of carbonyl (C=O) groups excluding carboxylic acids is 5. The minimum atomic E-state index is -0.863. The molecule has 2 aromatic heterocycles. The fourth-order valence-corrected chi connectivity index (χ4v) is 10.5. The number of aryl methyl sites for hydroxylation is 3. The van der Waals surface area contributed by atoms with Gasteiger partial charge < -0.3 is 28.6 Å². The van der Waals surface area contributed by atoms with Crippen molar-refractivity contribution in [2.45, 2.75) is 98.1 Å². The smallest absolute Gasteiger partial charge is 0.355 e. The van der Waals surface area contributed by atoms with Crippen molar-refractivity contribution in [3.63, 3.8) is 0 Å². The fourth-order valence-electron chi connectivity index (χ4n) is 10.3. The van der Waals surface area contributed by atoms with E-state index in [-0.39, 0.29) is 42.9 Å². The number of hydrogen-bond donors (Lipinski definition) is 1. The summed E-state index contributed by atoms with van der Waals surface area (Å²) in [7, 11) is 1.90. The molecule has 15 nitrogen and oxygen atoms in total. The average Bonchev–Trinajstić information content (AvgIpc) is 3.92. The molecule has 71 heavy (non-hydrogen) atoms. The first-order chi connectivity index (χ1) is 33.9. The summed E-state index contributed by atoms with van der Waals surface area (Å²) in [6.45, 7) is 14.6. The van der Waals surface area contributed by atoms with Gasteiger partial charge in [-0.25, -0.2) is 9.18 Å². The summed E-state index contributed by atoms with van der Waals surface area (Å²) in [5.74, 6) is -1.09. The van der Waals surface area contributed by atoms with E-state index >= 15 is 0 Å². The number of ether oxygens (including phenoxy) is 3. The Morgan fingerprint density at radius 1 is 0.930 bits per heavy atom. The van der Waals surface area contributed by atoms with Gasteiger partial charge in [0, 0.05) is 91.5 Å². The van der Waals surface area contributed by atoms with Crippen LogP contribution < -0.4 is 14.8 Å². The number of nitrogens with one attached hydrogen (secondary N) is 1. The van der Waals surface area contributed by atoms with Gasteiger partial charge in [0.2, 0.25) is 11.8 Å². The van der Waals surface area contributed by atoms with Crippen molar-refractivity contribution in [2.75, 3.05) is 39.3 Å². The molecule has 3 aliphatic rings. The lowest BCUT2D eigenvalue weighted by Gasteiger charge is -2.36. The summed E-state index contributed by atoms with van der Waals surface area (Å²) < 4.78 is 36.7. The number of halogens is 2. The number of imide groups is 1. The van der Waals surface area contributed by atoms with Crippen LogP contribution in [0.3, 0.4) is 0 Å². The molecule has 4 amide bonds. The minimum Gasteiger partial charge on any atom is -0.493 e. The Hall–Kier alpha value is -6.78. The number of aromatic nitrogens is 3. The van der Waals surface area contributed by atoms with E-state index in [1.165, 1.54) is 17.0 Å². The molecule has 0 spiro atoms. The molecular formula is C54H59ClFN7O8. The molecule has 0 aliphatic carbocycles. The molecule has 2 saturated heterocycles. The normalized spacial score (nSPS) is 17.0. The Balaban J connectivity index is 0.946. The van der Waals surface area contributed by atoms with Crippen LogP contribution in [-0.4, -0.2) is 116 Å². The number of esters is 1. The maximum absolute atomic E-state index is 14.7. The van der Waals surface area contributed by atoms with Crippen molar-refractivity contribution in [1.82, 2.24) is 34.4 Å². The van der Waals surface area contributed by atoms with Crippen LogP contribution >= 0.6 is 11.6 Å². The quantitative estimate of drug-likeness (QED) is 0.0646. The van der Waals surface area contributed by atoms with Crippen LogP contribution in [0.2, 0.25) is 5.02 Å². The second-order valence-corrected chi connectivity index (χ2v) is 20.1. The topological polar surface area (TPSA) is 158 Å². The van der Waals surface area contributed by atoms with Gasteiger partial charge in [0.1, 0.15) is 34.7 Å². The van der Waals surface area contributed by atoms with Gasteiger partial charge in [-0.15, -0.1) is 0 Å². The minimum absolute atomic E-state index is 0.129. The molecule has 2 fully saturated rings. The third-order valence-electron chi connectivity index (χ3n) is 13.8. The maximum Gasteiger partial charge on any atom is 0.355 e. The summed E-state index contributed by atoms with van der Waals surface area (Å²) in [4.78, 5) is 72.0. The number of hydrogen-bond acceptors (Lipinski definition) is 10. The van der Waals surface area contributed by atoms with E-state index in [9.17, 15) is 28.4 Å². The maximum atomic E-state index is 14.7. The van der Waals surface area contributed by atoms with Crippen molar-refractivity contribution in [1.29, 1.82) is 0 Å². The van der Waals surface area contributed by atoms with E-state index in [1.54, 1.807) is 36.1 Å².